The molecule has 0 atom stereocenters. The van der Waals surface area contributed by atoms with Gasteiger partial charge in [0.25, 0.3) is 5.91 Å². The van der Waals surface area contributed by atoms with Crippen LogP contribution in [0.1, 0.15) is 20.8 Å². The predicted molar refractivity (Wildman–Crippen MR) is 110 cm³/mol. The normalized spacial score (nSPS) is 10.6. The van der Waals surface area contributed by atoms with Gasteiger partial charge in [-0.05, 0) is 30.5 Å². The van der Waals surface area contributed by atoms with Gasteiger partial charge in [0.2, 0.25) is 0 Å². The Morgan fingerprint density at radius 2 is 2.15 bits per heavy atom. The summed E-state index contributed by atoms with van der Waals surface area (Å²) < 4.78 is 5.40. The summed E-state index contributed by atoms with van der Waals surface area (Å²) in [5.41, 5.74) is 2.02. The van der Waals surface area contributed by atoms with E-state index in [-0.39, 0.29) is 5.91 Å². The fraction of sp³-hybridized carbons (Fsp3) is 0.250. The van der Waals surface area contributed by atoms with Crippen molar-refractivity contribution < 1.29 is 9.53 Å². The van der Waals surface area contributed by atoms with Gasteiger partial charge in [-0.1, -0.05) is 24.3 Å². The smallest absolute Gasteiger partial charge is 0.261 e. The highest BCUT2D eigenvalue weighted by atomic mass is 32.1. The second kappa shape index (κ2) is 8.64. The quantitative estimate of drug-likeness (QED) is 0.583. The van der Waals surface area contributed by atoms with E-state index in [2.05, 4.69) is 27.2 Å². The van der Waals surface area contributed by atoms with Gasteiger partial charge in [-0.25, -0.2) is 9.97 Å². The van der Waals surface area contributed by atoms with Gasteiger partial charge in [0.05, 0.1) is 17.4 Å². The average molecular weight is 382 g/mol. The van der Waals surface area contributed by atoms with Gasteiger partial charge in [-0.3, -0.25) is 4.79 Å². The first-order valence-electron chi connectivity index (χ1n) is 8.64. The van der Waals surface area contributed by atoms with E-state index in [1.165, 1.54) is 17.7 Å². The minimum absolute atomic E-state index is 0.115. The monoisotopic (exact) mass is 382 g/mol. The maximum atomic E-state index is 12.3. The lowest BCUT2D eigenvalue weighted by Gasteiger charge is -2.10. The number of aromatic nitrogens is 2. The highest BCUT2D eigenvalue weighted by Crippen LogP contribution is 2.33. The van der Waals surface area contributed by atoms with E-state index >= 15 is 0 Å². The number of benzene rings is 1. The molecule has 0 bridgehead atoms. The zero-order chi connectivity index (χ0) is 19.2. The highest BCUT2D eigenvalue weighted by Gasteiger charge is 2.18. The zero-order valence-corrected chi connectivity index (χ0v) is 16.2. The van der Waals surface area contributed by atoms with Crippen LogP contribution in [0, 0.1) is 6.92 Å². The Hall–Kier alpha value is -2.93. The zero-order valence-electron chi connectivity index (χ0n) is 15.4. The lowest BCUT2D eigenvalue weighted by molar-refractivity contribution is 0.0961. The molecule has 0 spiro atoms. The molecule has 0 aliphatic rings. The second-order valence-corrected chi connectivity index (χ2v) is 6.95. The number of carbonyl (C=O) groups excluding carboxylic acids is 1. The molecular weight excluding hydrogens is 360 g/mol. The van der Waals surface area contributed by atoms with Gasteiger partial charge < -0.3 is 15.4 Å². The summed E-state index contributed by atoms with van der Waals surface area (Å²) in [6.07, 6.45) is 3.98. The fourth-order valence-electron chi connectivity index (χ4n) is 2.89. The molecule has 3 rings (SSSR count). The van der Waals surface area contributed by atoms with Crippen LogP contribution in [0.2, 0.25) is 0 Å². The number of thiophene rings is 1. The number of fused-ring (bicyclic) bond motifs is 1. The SMILES string of the molecule is C=CCNC(=O)c1sc2ncnc(NCCc3ccccc3OC)c2c1C. The molecule has 7 heteroatoms. The summed E-state index contributed by atoms with van der Waals surface area (Å²) in [4.78, 5) is 22.5. The molecule has 1 amide bonds. The topological polar surface area (TPSA) is 76.1 Å². The Balaban J connectivity index is 1.79. The van der Waals surface area contributed by atoms with Crippen LogP contribution >= 0.6 is 11.3 Å². The number of nitrogens with one attached hydrogen (secondary N) is 2. The fourth-order valence-corrected chi connectivity index (χ4v) is 3.96. The van der Waals surface area contributed by atoms with E-state index in [1.807, 2.05) is 31.2 Å². The molecular formula is C20H22N4O2S. The van der Waals surface area contributed by atoms with Crippen LogP contribution in [0.4, 0.5) is 5.82 Å². The van der Waals surface area contributed by atoms with Crippen molar-refractivity contribution in [2.24, 2.45) is 0 Å². The van der Waals surface area contributed by atoms with Gasteiger partial charge in [0, 0.05) is 13.1 Å². The molecule has 0 aliphatic carbocycles. The predicted octanol–water partition coefficient (Wildman–Crippen LogP) is 3.58. The Morgan fingerprint density at radius 3 is 2.93 bits per heavy atom. The number of aryl methyl sites for hydroxylation is 1. The number of methoxy groups -OCH3 is 1. The molecule has 1 aromatic carbocycles. The Labute approximate surface area is 162 Å². The Morgan fingerprint density at radius 1 is 1.33 bits per heavy atom. The van der Waals surface area contributed by atoms with Crippen LogP contribution in [-0.2, 0) is 6.42 Å². The minimum Gasteiger partial charge on any atom is -0.496 e. The standard InChI is InChI=1S/C20H22N4O2S/c1-4-10-22-19(25)17-13(2)16-18(23-12-24-20(16)27-17)21-11-9-14-7-5-6-8-15(14)26-3/h4-8,12H,1,9-11H2,2-3H3,(H,22,25)(H,21,23,24). The molecule has 140 valence electrons. The first kappa shape index (κ1) is 18.8. The maximum Gasteiger partial charge on any atom is 0.261 e. The molecule has 0 unspecified atom stereocenters. The number of hydrogen-bond donors (Lipinski definition) is 2. The van der Waals surface area contributed by atoms with Crippen molar-refractivity contribution in [1.29, 1.82) is 0 Å². The number of para-hydroxylation sites is 1. The molecule has 0 fully saturated rings. The van der Waals surface area contributed by atoms with Gasteiger partial charge in [-0.2, -0.15) is 0 Å². The molecule has 0 radical (unpaired) electrons. The summed E-state index contributed by atoms with van der Waals surface area (Å²) >= 11 is 1.38. The number of rotatable bonds is 8. The van der Waals surface area contributed by atoms with Crippen molar-refractivity contribution in [2.75, 3.05) is 25.5 Å². The van der Waals surface area contributed by atoms with Crippen LogP contribution in [0.25, 0.3) is 10.2 Å². The van der Waals surface area contributed by atoms with E-state index in [0.717, 1.165) is 39.3 Å². The van der Waals surface area contributed by atoms with Crippen molar-refractivity contribution in [3.8, 4) is 5.75 Å². The highest BCUT2D eigenvalue weighted by molar-refractivity contribution is 7.20. The molecule has 0 aliphatic heterocycles. The summed E-state index contributed by atoms with van der Waals surface area (Å²) in [5, 5.41) is 7.09. The number of anilines is 1. The molecule has 6 nitrogen and oxygen atoms in total. The van der Waals surface area contributed by atoms with Gasteiger partial charge in [-0.15, -0.1) is 17.9 Å². The van der Waals surface area contributed by atoms with Crippen molar-refractivity contribution in [3.05, 3.63) is 59.3 Å². The Bertz CT molecular complexity index is 968. The number of hydrogen-bond acceptors (Lipinski definition) is 6. The van der Waals surface area contributed by atoms with Crippen molar-refractivity contribution in [1.82, 2.24) is 15.3 Å². The molecule has 2 aromatic heterocycles. The summed E-state index contributed by atoms with van der Waals surface area (Å²) in [7, 11) is 1.67. The number of nitrogens with zero attached hydrogens (tertiary/aromatic N) is 2. The second-order valence-electron chi connectivity index (χ2n) is 5.95. The van der Waals surface area contributed by atoms with Gasteiger partial charge in [0.1, 0.15) is 22.7 Å². The van der Waals surface area contributed by atoms with Crippen molar-refractivity contribution in [3.63, 3.8) is 0 Å². The third-order valence-electron chi connectivity index (χ3n) is 4.22. The van der Waals surface area contributed by atoms with Crippen molar-refractivity contribution >= 4 is 33.3 Å². The first-order chi connectivity index (χ1) is 13.2. The molecule has 2 N–H and O–H groups in total. The largest absolute Gasteiger partial charge is 0.496 e. The first-order valence-corrected chi connectivity index (χ1v) is 9.46. The molecule has 0 saturated heterocycles. The number of amides is 1. The minimum atomic E-state index is -0.115. The van der Waals surface area contributed by atoms with Gasteiger partial charge >= 0.3 is 0 Å². The van der Waals surface area contributed by atoms with Crippen LogP contribution in [0.5, 0.6) is 5.75 Å². The number of carbonyl (C=O) groups is 1. The summed E-state index contributed by atoms with van der Waals surface area (Å²) in [5.74, 6) is 1.50. The lowest BCUT2D eigenvalue weighted by Crippen LogP contribution is -2.22. The van der Waals surface area contributed by atoms with Crippen LogP contribution in [-0.4, -0.2) is 36.1 Å². The summed E-state index contributed by atoms with van der Waals surface area (Å²) in [6, 6.07) is 7.96. The van der Waals surface area contributed by atoms with Gasteiger partial charge in [0.15, 0.2) is 0 Å². The lowest BCUT2D eigenvalue weighted by atomic mass is 10.1. The maximum absolute atomic E-state index is 12.3. The third kappa shape index (κ3) is 4.09. The molecule has 0 saturated carbocycles. The van der Waals surface area contributed by atoms with E-state index in [0.29, 0.717) is 18.0 Å². The summed E-state index contributed by atoms with van der Waals surface area (Å²) in [6.45, 7) is 6.68. The van der Waals surface area contributed by atoms with E-state index in [1.54, 1.807) is 13.2 Å². The molecule has 27 heavy (non-hydrogen) atoms. The third-order valence-corrected chi connectivity index (χ3v) is 5.42. The van der Waals surface area contributed by atoms with Crippen LogP contribution in [0.15, 0.2) is 43.2 Å². The van der Waals surface area contributed by atoms with Crippen LogP contribution < -0.4 is 15.4 Å². The van der Waals surface area contributed by atoms with E-state index < -0.39 is 0 Å². The molecule has 2 heterocycles. The number of ether oxygens (including phenoxy) is 1. The molecule has 3 aromatic rings. The van der Waals surface area contributed by atoms with Crippen molar-refractivity contribution in [2.45, 2.75) is 13.3 Å². The van der Waals surface area contributed by atoms with Crippen LogP contribution in [0.3, 0.4) is 0 Å². The van der Waals surface area contributed by atoms with E-state index in [4.69, 9.17) is 4.74 Å². The average Bonchev–Trinajstić information content (AvgIpc) is 3.04. The Kier molecular flexibility index (Phi) is 6.03. The van der Waals surface area contributed by atoms with E-state index in [9.17, 15) is 4.79 Å².